The van der Waals surface area contributed by atoms with E-state index >= 15 is 0 Å². The average molecular weight is 263 g/mol. The molecule has 3 nitrogen and oxygen atoms in total. The van der Waals surface area contributed by atoms with Crippen molar-refractivity contribution in [2.75, 3.05) is 0 Å². The van der Waals surface area contributed by atoms with E-state index in [0.717, 1.165) is 16.9 Å². The van der Waals surface area contributed by atoms with Gasteiger partial charge in [-0.3, -0.25) is 0 Å². The predicted octanol–water partition coefficient (Wildman–Crippen LogP) is 2.59. The Morgan fingerprint density at radius 1 is 1.12 bits per heavy atom. The van der Waals surface area contributed by atoms with Crippen LogP contribution >= 0.6 is 11.3 Å². The summed E-state index contributed by atoms with van der Waals surface area (Å²) >= 11 is 1.01. The van der Waals surface area contributed by atoms with Gasteiger partial charge in [0.25, 0.3) is 0 Å². The highest BCUT2D eigenvalue weighted by atomic mass is 32.2. The van der Waals surface area contributed by atoms with Gasteiger partial charge in [0, 0.05) is 0 Å². The fourth-order valence-corrected chi connectivity index (χ4v) is 3.95. The SMILES string of the molecule is N#Cc1ccc(S(=O)(=O)Cc2ccccc2)s1. The van der Waals surface area contributed by atoms with Crippen molar-refractivity contribution < 1.29 is 8.42 Å². The van der Waals surface area contributed by atoms with Gasteiger partial charge in [0.05, 0.1) is 5.75 Å². The molecule has 2 aromatic rings. The highest BCUT2D eigenvalue weighted by molar-refractivity contribution is 7.92. The van der Waals surface area contributed by atoms with E-state index < -0.39 is 9.84 Å². The topological polar surface area (TPSA) is 57.9 Å². The molecule has 0 radical (unpaired) electrons. The van der Waals surface area contributed by atoms with Crippen LogP contribution in [0.2, 0.25) is 0 Å². The van der Waals surface area contributed by atoms with Crippen LogP contribution in [0.3, 0.4) is 0 Å². The van der Waals surface area contributed by atoms with Crippen LogP contribution in [0.4, 0.5) is 0 Å². The summed E-state index contributed by atoms with van der Waals surface area (Å²) in [6.45, 7) is 0. The molecule has 1 aromatic heterocycles. The largest absolute Gasteiger partial charge is 0.223 e. The van der Waals surface area contributed by atoms with Crippen LogP contribution in [-0.4, -0.2) is 8.42 Å². The lowest BCUT2D eigenvalue weighted by Gasteiger charge is -2.01. The third-order valence-electron chi connectivity index (χ3n) is 2.20. The second-order valence-corrected chi connectivity index (χ2v) is 6.78. The Morgan fingerprint density at radius 3 is 2.41 bits per heavy atom. The third kappa shape index (κ3) is 2.73. The fourth-order valence-electron chi connectivity index (χ4n) is 1.41. The molecule has 0 aliphatic rings. The minimum atomic E-state index is -3.34. The van der Waals surface area contributed by atoms with E-state index in [1.54, 1.807) is 24.3 Å². The molecule has 0 amide bonds. The van der Waals surface area contributed by atoms with Gasteiger partial charge in [-0.1, -0.05) is 30.3 Å². The Balaban J connectivity index is 2.29. The quantitative estimate of drug-likeness (QED) is 0.855. The lowest BCUT2D eigenvalue weighted by atomic mass is 10.2. The number of benzene rings is 1. The van der Waals surface area contributed by atoms with Crippen molar-refractivity contribution in [3.63, 3.8) is 0 Å². The van der Waals surface area contributed by atoms with E-state index in [-0.39, 0.29) is 9.96 Å². The first-order valence-corrected chi connectivity index (χ1v) is 7.35. The smallest absolute Gasteiger partial charge is 0.191 e. The van der Waals surface area contributed by atoms with E-state index in [9.17, 15) is 8.42 Å². The van der Waals surface area contributed by atoms with Crippen LogP contribution in [0, 0.1) is 11.3 Å². The first kappa shape index (κ1) is 11.8. The van der Waals surface area contributed by atoms with Crippen LogP contribution in [0.15, 0.2) is 46.7 Å². The summed E-state index contributed by atoms with van der Waals surface area (Å²) < 4.78 is 24.3. The van der Waals surface area contributed by atoms with Crippen LogP contribution < -0.4 is 0 Å². The van der Waals surface area contributed by atoms with E-state index in [4.69, 9.17) is 5.26 Å². The molecule has 0 spiro atoms. The maximum absolute atomic E-state index is 12.0. The van der Waals surface area contributed by atoms with Gasteiger partial charge in [0.2, 0.25) is 0 Å². The first-order chi connectivity index (χ1) is 8.12. The van der Waals surface area contributed by atoms with Gasteiger partial charge in [-0.05, 0) is 17.7 Å². The standard InChI is InChI=1S/C12H9NO2S2/c13-8-11-6-7-12(16-11)17(14,15)9-10-4-2-1-3-5-10/h1-7H,9H2. The van der Waals surface area contributed by atoms with E-state index in [2.05, 4.69) is 0 Å². The second-order valence-electron chi connectivity index (χ2n) is 3.48. The van der Waals surface area contributed by atoms with Crippen LogP contribution in [0.25, 0.3) is 0 Å². The van der Waals surface area contributed by atoms with Crippen molar-refractivity contribution in [3.8, 4) is 6.07 Å². The maximum Gasteiger partial charge on any atom is 0.191 e. The zero-order chi connectivity index (χ0) is 12.3. The van der Waals surface area contributed by atoms with Crippen LogP contribution in [-0.2, 0) is 15.6 Å². The molecule has 2 rings (SSSR count). The summed E-state index contributed by atoms with van der Waals surface area (Å²) in [5, 5.41) is 8.67. The number of nitrogens with zero attached hydrogens (tertiary/aromatic N) is 1. The van der Waals surface area contributed by atoms with Gasteiger partial charge >= 0.3 is 0 Å². The normalized spacial score (nSPS) is 11.0. The molecule has 1 heterocycles. The van der Waals surface area contributed by atoms with Crippen LogP contribution in [0.1, 0.15) is 10.4 Å². The molecule has 0 bridgehead atoms. The molecule has 0 saturated carbocycles. The number of sulfone groups is 1. The van der Waals surface area contributed by atoms with Crippen molar-refractivity contribution >= 4 is 21.2 Å². The van der Waals surface area contributed by atoms with E-state index in [1.165, 1.54) is 12.1 Å². The van der Waals surface area contributed by atoms with Crippen molar-refractivity contribution in [1.29, 1.82) is 5.26 Å². The number of hydrogen-bond acceptors (Lipinski definition) is 4. The molecule has 0 aliphatic heterocycles. The Kier molecular flexibility index (Phi) is 3.27. The Bertz CT molecular complexity index is 651. The van der Waals surface area contributed by atoms with Gasteiger partial charge in [-0.15, -0.1) is 11.3 Å². The minimum absolute atomic E-state index is 0.0285. The average Bonchev–Trinajstić information content (AvgIpc) is 2.79. The number of rotatable bonds is 3. The van der Waals surface area contributed by atoms with Crippen LogP contribution in [0.5, 0.6) is 0 Å². The molecule has 0 N–H and O–H groups in total. The number of nitriles is 1. The zero-order valence-electron chi connectivity index (χ0n) is 8.83. The van der Waals surface area contributed by atoms with E-state index in [0.29, 0.717) is 4.88 Å². The third-order valence-corrected chi connectivity index (χ3v) is 5.46. The molecule has 86 valence electrons. The van der Waals surface area contributed by atoms with Gasteiger partial charge in [-0.2, -0.15) is 5.26 Å². The molecule has 0 fully saturated rings. The predicted molar refractivity (Wildman–Crippen MR) is 66.4 cm³/mol. The first-order valence-electron chi connectivity index (χ1n) is 4.88. The van der Waals surface area contributed by atoms with Crippen molar-refractivity contribution in [2.45, 2.75) is 9.96 Å². The van der Waals surface area contributed by atoms with E-state index in [1.807, 2.05) is 12.1 Å². The maximum atomic E-state index is 12.0. The summed E-state index contributed by atoms with van der Waals surface area (Å²) in [5.41, 5.74) is 0.749. The highest BCUT2D eigenvalue weighted by Gasteiger charge is 2.17. The Hall–Kier alpha value is -1.64. The summed E-state index contributed by atoms with van der Waals surface area (Å²) in [7, 11) is -3.34. The summed E-state index contributed by atoms with van der Waals surface area (Å²) in [5.74, 6) is -0.0285. The lowest BCUT2D eigenvalue weighted by molar-refractivity contribution is 0.597. The number of thiophene rings is 1. The Labute approximate surface area is 104 Å². The lowest BCUT2D eigenvalue weighted by Crippen LogP contribution is -2.02. The molecule has 1 aromatic carbocycles. The molecular weight excluding hydrogens is 254 g/mol. The molecule has 0 unspecified atom stereocenters. The number of hydrogen-bond donors (Lipinski definition) is 0. The summed E-state index contributed by atoms with van der Waals surface area (Å²) in [6, 6.07) is 14.0. The van der Waals surface area contributed by atoms with Crippen molar-refractivity contribution in [3.05, 3.63) is 52.9 Å². The molecule has 0 saturated heterocycles. The fraction of sp³-hybridized carbons (Fsp3) is 0.0833. The van der Waals surface area contributed by atoms with Gasteiger partial charge < -0.3 is 0 Å². The summed E-state index contributed by atoms with van der Waals surface area (Å²) in [4.78, 5) is 0.414. The molecule has 17 heavy (non-hydrogen) atoms. The summed E-state index contributed by atoms with van der Waals surface area (Å²) in [6.07, 6.45) is 0. The minimum Gasteiger partial charge on any atom is -0.223 e. The van der Waals surface area contributed by atoms with Gasteiger partial charge in [0.15, 0.2) is 9.84 Å². The Morgan fingerprint density at radius 2 is 1.82 bits per heavy atom. The molecule has 5 heteroatoms. The van der Waals surface area contributed by atoms with Gasteiger partial charge in [0.1, 0.15) is 15.2 Å². The monoisotopic (exact) mass is 263 g/mol. The molecule has 0 aliphatic carbocycles. The molecular formula is C12H9NO2S2. The second kappa shape index (κ2) is 4.70. The van der Waals surface area contributed by atoms with Gasteiger partial charge in [-0.25, -0.2) is 8.42 Å². The molecule has 0 atom stereocenters. The van der Waals surface area contributed by atoms with Crippen molar-refractivity contribution in [1.82, 2.24) is 0 Å². The zero-order valence-corrected chi connectivity index (χ0v) is 10.5. The highest BCUT2D eigenvalue weighted by Crippen LogP contribution is 2.24. The van der Waals surface area contributed by atoms with Crippen molar-refractivity contribution in [2.24, 2.45) is 0 Å².